The average Bonchev–Trinajstić information content (AvgIpc) is 1.94. The highest BCUT2D eigenvalue weighted by molar-refractivity contribution is 5.41. The van der Waals surface area contributed by atoms with Gasteiger partial charge in [0, 0.05) is 0 Å². The van der Waals surface area contributed by atoms with Crippen molar-refractivity contribution in [3.8, 4) is 0 Å². The summed E-state index contributed by atoms with van der Waals surface area (Å²) in [5.41, 5.74) is 1.95. The molecule has 0 amide bonds. The molecule has 0 aromatic rings. The van der Waals surface area contributed by atoms with Crippen LogP contribution < -0.4 is 0 Å². The van der Waals surface area contributed by atoms with Gasteiger partial charge in [0.2, 0.25) is 6.08 Å². The van der Waals surface area contributed by atoms with Crippen LogP contribution in [0.15, 0.2) is 28.4 Å². The molecule has 0 spiro atoms. The predicted molar refractivity (Wildman–Crippen MR) is 39.2 cm³/mol. The number of allylic oxidation sites excluding steroid dienone is 3. The summed E-state index contributed by atoms with van der Waals surface area (Å²) in [5.74, 6) is 0. The van der Waals surface area contributed by atoms with E-state index in [1.165, 1.54) is 11.7 Å². The monoisotopic (exact) mass is 135 g/mol. The van der Waals surface area contributed by atoms with E-state index in [2.05, 4.69) is 4.99 Å². The molecule has 0 saturated carbocycles. The van der Waals surface area contributed by atoms with Crippen LogP contribution in [0.25, 0.3) is 0 Å². The first-order valence-corrected chi connectivity index (χ1v) is 3.29. The lowest BCUT2D eigenvalue weighted by molar-refractivity contribution is 0.564. The number of isocyanates is 1. The van der Waals surface area contributed by atoms with Crippen LogP contribution in [0.2, 0.25) is 0 Å². The van der Waals surface area contributed by atoms with E-state index in [0.717, 1.165) is 18.5 Å². The second-order valence-corrected chi connectivity index (χ2v) is 2.31. The number of nitrogens with zero attached hydrogens (tertiary/aromatic N) is 1. The Morgan fingerprint density at radius 2 is 2.50 bits per heavy atom. The molecule has 0 bridgehead atoms. The second-order valence-electron chi connectivity index (χ2n) is 2.31. The fourth-order valence-electron chi connectivity index (χ4n) is 0.947. The molecule has 0 fully saturated rings. The van der Waals surface area contributed by atoms with Crippen molar-refractivity contribution in [2.75, 3.05) is 0 Å². The molecule has 0 saturated heterocycles. The first-order chi connectivity index (χ1) is 4.84. The standard InChI is InChI=1S/C8H9NO/c1-7-4-2-3-5-8(7)9-6-10/h3,5H,2,4H2,1H3. The van der Waals surface area contributed by atoms with Gasteiger partial charge in [0.05, 0.1) is 5.70 Å². The molecule has 0 N–H and O–H groups in total. The van der Waals surface area contributed by atoms with Crippen molar-refractivity contribution in [2.24, 2.45) is 4.99 Å². The van der Waals surface area contributed by atoms with Gasteiger partial charge >= 0.3 is 0 Å². The average molecular weight is 135 g/mol. The lowest BCUT2D eigenvalue weighted by Crippen LogP contribution is -1.87. The second kappa shape index (κ2) is 3.14. The molecule has 0 heterocycles. The number of hydrogen-bond donors (Lipinski definition) is 0. The van der Waals surface area contributed by atoms with Crippen molar-refractivity contribution < 1.29 is 4.79 Å². The number of rotatable bonds is 1. The Morgan fingerprint density at radius 3 is 3.10 bits per heavy atom. The Balaban J connectivity index is 2.89. The Bertz CT molecular complexity index is 232. The third-order valence-electron chi connectivity index (χ3n) is 1.57. The zero-order valence-corrected chi connectivity index (χ0v) is 5.92. The van der Waals surface area contributed by atoms with Crippen molar-refractivity contribution in [1.82, 2.24) is 0 Å². The summed E-state index contributed by atoms with van der Waals surface area (Å²) in [6.07, 6.45) is 7.49. The fraction of sp³-hybridized carbons (Fsp3) is 0.375. The van der Waals surface area contributed by atoms with Gasteiger partial charge in [0.15, 0.2) is 0 Å². The van der Waals surface area contributed by atoms with E-state index in [1.54, 1.807) is 0 Å². The molecule has 2 nitrogen and oxygen atoms in total. The Kier molecular flexibility index (Phi) is 2.19. The highest BCUT2D eigenvalue weighted by Crippen LogP contribution is 2.18. The van der Waals surface area contributed by atoms with Crippen LogP contribution in [0.3, 0.4) is 0 Å². The summed E-state index contributed by atoms with van der Waals surface area (Å²) in [5, 5.41) is 0. The highest BCUT2D eigenvalue weighted by Gasteiger charge is 2.00. The van der Waals surface area contributed by atoms with Gasteiger partial charge in [-0.15, -0.1) is 0 Å². The van der Waals surface area contributed by atoms with E-state index in [1.807, 2.05) is 19.1 Å². The topological polar surface area (TPSA) is 29.4 Å². The molecule has 0 aromatic carbocycles. The summed E-state index contributed by atoms with van der Waals surface area (Å²) in [6, 6.07) is 0. The predicted octanol–water partition coefficient (Wildman–Crippen LogP) is 1.95. The van der Waals surface area contributed by atoms with Crippen LogP contribution in [-0.2, 0) is 4.79 Å². The van der Waals surface area contributed by atoms with Crippen molar-refractivity contribution in [1.29, 1.82) is 0 Å². The van der Waals surface area contributed by atoms with Gasteiger partial charge in [-0.2, -0.15) is 4.99 Å². The van der Waals surface area contributed by atoms with Crippen LogP contribution in [0.1, 0.15) is 19.8 Å². The minimum atomic E-state index is 0.779. The van der Waals surface area contributed by atoms with Crippen LogP contribution in [-0.4, -0.2) is 6.08 Å². The van der Waals surface area contributed by atoms with E-state index in [9.17, 15) is 4.79 Å². The molecule has 10 heavy (non-hydrogen) atoms. The Hall–Kier alpha value is -1.14. The third kappa shape index (κ3) is 1.42. The smallest absolute Gasteiger partial charge is 0.211 e. The zero-order valence-electron chi connectivity index (χ0n) is 5.92. The minimum Gasteiger partial charge on any atom is -0.211 e. The van der Waals surface area contributed by atoms with Gasteiger partial charge in [-0.3, -0.25) is 0 Å². The molecule has 1 rings (SSSR count). The molecule has 0 radical (unpaired) electrons. The number of carbonyl (C=O) groups excluding carboxylic acids is 1. The van der Waals surface area contributed by atoms with E-state index in [0.29, 0.717) is 0 Å². The lowest BCUT2D eigenvalue weighted by atomic mass is 10.0. The molecule has 52 valence electrons. The quantitative estimate of drug-likeness (QED) is 0.399. The molecule has 0 aromatic heterocycles. The van der Waals surface area contributed by atoms with E-state index in [4.69, 9.17) is 0 Å². The molecule has 0 aliphatic heterocycles. The van der Waals surface area contributed by atoms with Gasteiger partial charge in [0.1, 0.15) is 0 Å². The van der Waals surface area contributed by atoms with Gasteiger partial charge in [-0.1, -0.05) is 6.08 Å². The van der Waals surface area contributed by atoms with Gasteiger partial charge in [-0.25, -0.2) is 4.79 Å². The van der Waals surface area contributed by atoms with Gasteiger partial charge in [-0.05, 0) is 31.4 Å². The van der Waals surface area contributed by atoms with E-state index >= 15 is 0 Å². The maximum atomic E-state index is 9.86. The number of hydrogen-bond acceptors (Lipinski definition) is 2. The van der Waals surface area contributed by atoms with Gasteiger partial charge < -0.3 is 0 Å². The Morgan fingerprint density at radius 1 is 1.70 bits per heavy atom. The summed E-state index contributed by atoms with van der Waals surface area (Å²) in [4.78, 5) is 13.4. The molecule has 2 heteroatoms. The fourth-order valence-corrected chi connectivity index (χ4v) is 0.947. The molecule has 1 aliphatic rings. The zero-order chi connectivity index (χ0) is 7.40. The summed E-state index contributed by atoms with van der Waals surface area (Å²) in [6.45, 7) is 1.99. The van der Waals surface area contributed by atoms with Crippen molar-refractivity contribution in [3.63, 3.8) is 0 Å². The van der Waals surface area contributed by atoms with Crippen LogP contribution >= 0.6 is 0 Å². The van der Waals surface area contributed by atoms with Crippen LogP contribution in [0, 0.1) is 0 Å². The maximum Gasteiger partial charge on any atom is 0.240 e. The van der Waals surface area contributed by atoms with Crippen LogP contribution in [0.5, 0.6) is 0 Å². The van der Waals surface area contributed by atoms with Crippen molar-refractivity contribution in [3.05, 3.63) is 23.4 Å². The SMILES string of the molecule is CC1=C(N=C=O)C=CCC1. The molecule has 0 unspecified atom stereocenters. The normalized spacial score (nSPS) is 16.9. The third-order valence-corrected chi connectivity index (χ3v) is 1.57. The summed E-state index contributed by atoms with van der Waals surface area (Å²) in [7, 11) is 0. The number of aliphatic imine (C=N–C) groups is 1. The van der Waals surface area contributed by atoms with Crippen LogP contribution in [0.4, 0.5) is 0 Å². The lowest BCUT2D eigenvalue weighted by Gasteiger charge is -2.05. The molecule has 1 aliphatic carbocycles. The van der Waals surface area contributed by atoms with E-state index in [-0.39, 0.29) is 0 Å². The highest BCUT2D eigenvalue weighted by atomic mass is 16.1. The molecular formula is C8H9NO. The minimum absolute atomic E-state index is 0.779. The largest absolute Gasteiger partial charge is 0.240 e. The first kappa shape index (κ1) is 6.97. The van der Waals surface area contributed by atoms with Crippen molar-refractivity contribution >= 4 is 6.08 Å². The molecular weight excluding hydrogens is 126 g/mol. The summed E-state index contributed by atoms with van der Waals surface area (Å²) >= 11 is 0. The van der Waals surface area contributed by atoms with Crippen molar-refractivity contribution in [2.45, 2.75) is 19.8 Å². The molecule has 0 atom stereocenters. The maximum absolute atomic E-state index is 9.86. The Labute approximate surface area is 60.0 Å². The summed E-state index contributed by atoms with van der Waals surface area (Å²) < 4.78 is 0. The first-order valence-electron chi connectivity index (χ1n) is 3.29. The van der Waals surface area contributed by atoms with Gasteiger partial charge in [0.25, 0.3) is 0 Å². The van der Waals surface area contributed by atoms with E-state index < -0.39 is 0 Å².